The largest absolute Gasteiger partial charge is 0.477 e. The van der Waals surface area contributed by atoms with Crippen molar-refractivity contribution in [1.29, 1.82) is 0 Å². The van der Waals surface area contributed by atoms with Crippen LogP contribution >= 0.6 is 0 Å². The number of aromatic carboxylic acids is 1. The maximum absolute atomic E-state index is 13.0. The minimum atomic E-state index is -1.04. The highest BCUT2D eigenvalue weighted by Crippen LogP contribution is 2.29. The molecule has 190 valence electrons. The number of piperazine rings is 1. The van der Waals surface area contributed by atoms with Crippen molar-refractivity contribution in [2.45, 2.75) is 70.4 Å². The summed E-state index contributed by atoms with van der Waals surface area (Å²) in [5, 5.41) is 16.8. The lowest BCUT2D eigenvalue weighted by Crippen LogP contribution is -2.53. The van der Waals surface area contributed by atoms with Gasteiger partial charge in [0.15, 0.2) is 0 Å². The van der Waals surface area contributed by atoms with Crippen LogP contribution in [-0.4, -0.2) is 67.0 Å². The molecule has 5 heterocycles. The average molecular weight is 492 g/mol. The lowest BCUT2D eigenvalue weighted by molar-refractivity contribution is 0.0685. The van der Waals surface area contributed by atoms with Crippen LogP contribution in [0.5, 0.6) is 0 Å². The summed E-state index contributed by atoms with van der Waals surface area (Å²) in [4.78, 5) is 43.0. The quantitative estimate of drug-likeness (QED) is 0.329. The highest BCUT2D eigenvalue weighted by atomic mass is 16.4. The van der Waals surface area contributed by atoms with Gasteiger partial charge >= 0.3 is 5.97 Å². The zero-order valence-corrected chi connectivity index (χ0v) is 20.8. The highest BCUT2D eigenvalue weighted by Gasteiger charge is 2.34. The maximum atomic E-state index is 13.0. The van der Waals surface area contributed by atoms with Crippen molar-refractivity contribution in [3.8, 4) is 0 Å². The number of H-pyrrole nitrogens is 1. The summed E-state index contributed by atoms with van der Waals surface area (Å²) in [7, 11) is 0. The minimum Gasteiger partial charge on any atom is -0.477 e. The van der Waals surface area contributed by atoms with E-state index in [1.165, 1.54) is 0 Å². The molecule has 0 radical (unpaired) electrons. The Kier molecular flexibility index (Phi) is 6.86. The molecule has 3 aromatic heterocycles. The van der Waals surface area contributed by atoms with Gasteiger partial charge in [0, 0.05) is 36.8 Å². The van der Waals surface area contributed by atoms with Gasteiger partial charge in [-0.15, -0.1) is 0 Å². The van der Waals surface area contributed by atoms with Crippen LogP contribution in [0.15, 0.2) is 24.4 Å². The molecule has 3 unspecified atom stereocenters. The van der Waals surface area contributed by atoms with Crippen LogP contribution in [0.25, 0.3) is 11.0 Å². The Morgan fingerprint density at radius 3 is 2.64 bits per heavy atom. The predicted octanol–water partition coefficient (Wildman–Crippen LogP) is 4.05. The lowest BCUT2D eigenvalue weighted by Gasteiger charge is -2.32. The Morgan fingerprint density at radius 2 is 1.97 bits per heavy atom. The van der Waals surface area contributed by atoms with Crippen LogP contribution in [-0.2, 0) is 0 Å². The summed E-state index contributed by atoms with van der Waals surface area (Å²) < 4.78 is 0. The van der Waals surface area contributed by atoms with E-state index in [9.17, 15) is 14.7 Å². The molecule has 2 aliphatic rings. The van der Waals surface area contributed by atoms with Gasteiger partial charge in [0.2, 0.25) is 5.95 Å². The number of fused-ring (bicyclic) bond motifs is 3. The third-order valence-corrected chi connectivity index (χ3v) is 7.21. The molecule has 36 heavy (non-hydrogen) atoms. The first-order valence-corrected chi connectivity index (χ1v) is 12.8. The fourth-order valence-corrected chi connectivity index (χ4v) is 5.27. The number of unbranched alkanes of at least 4 members (excludes halogenated alkanes) is 2. The lowest BCUT2D eigenvalue weighted by atomic mass is 9.97. The van der Waals surface area contributed by atoms with Gasteiger partial charge in [0.05, 0.1) is 11.3 Å². The Labute approximate surface area is 209 Å². The van der Waals surface area contributed by atoms with E-state index < -0.39 is 5.97 Å². The molecule has 2 fully saturated rings. The molecule has 0 aliphatic carbocycles. The molecule has 10 heteroatoms. The number of carbonyl (C=O) groups excluding carboxylic acids is 1. The second-order valence-corrected chi connectivity index (χ2v) is 9.98. The normalized spacial score (nSPS) is 20.0. The van der Waals surface area contributed by atoms with Crippen LogP contribution in [0, 0.1) is 0 Å². The van der Waals surface area contributed by atoms with Crippen LogP contribution in [0.3, 0.4) is 0 Å². The van der Waals surface area contributed by atoms with Gasteiger partial charge in [-0.25, -0.2) is 14.8 Å². The van der Waals surface area contributed by atoms with Crippen LogP contribution in [0.2, 0.25) is 0 Å². The van der Waals surface area contributed by atoms with Crippen LogP contribution < -0.4 is 10.6 Å². The highest BCUT2D eigenvalue weighted by molar-refractivity contribution is 5.95. The standard InChI is InChI=1S/C26H33N7O3/c1-3-4-5-6-15(2)22-19-11-20(25(35)36)29-23(19)32-26(31-22)30-21-10-7-16(12-27-21)24(34)33-13-17-8-9-18(14-33)28-17/h7,10-12,15,17-18,28H,3-6,8-9,13-14H2,1-2H3,(H,35,36)(H2,27,29,30,31,32). The number of anilines is 2. The average Bonchev–Trinajstić information content (AvgIpc) is 3.46. The second kappa shape index (κ2) is 10.2. The maximum Gasteiger partial charge on any atom is 0.352 e. The first-order chi connectivity index (χ1) is 17.4. The number of carboxylic acid groups (broad SMARTS) is 1. The fraction of sp³-hybridized carbons (Fsp3) is 0.500. The van der Waals surface area contributed by atoms with Crippen LogP contribution in [0.4, 0.5) is 11.8 Å². The van der Waals surface area contributed by atoms with Gasteiger partial charge in [-0.2, -0.15) is 4.98 Å². The number of hydrogen-bond donors (Lipinski definition) is 4. The molecule has 0 saturated carbocycles. The van der Waals surface area contributed by atoms with Gasteiger partial charge in [-0.3, -0.25) is 4.79 Å². The molecule has 3 aromatic rings. The minimum absolute atomic E-state index is 0.000829. The van der Waals surface area contributed by atoms with Gasteiger partial charge in [-0.1, -0.05) is 33.1 Å². The molecule has 3 atom stereocenters. The summed E-state index contributed by atoms with van der Waals surface area (Å²) in [5.74, 6) is -0.0421. The molecular weight excluding hydrogens is 458 g/mol. The first-order valence-electron chi connectivity index (χ1n) is 12.8. The number of hydrogen-bond acceptors (Lipinski definition) is 7. The second-order valence-electron chi connectivity index (χ2n) is 9.98. The number of nitrogens with one attached hydrogen (secondary N) is 3. The fourth-order valence-electron chi connectivity index (χ4n) is 5.27. The van der Waals surface area contributed by atoms with Crippen molar-refractivity contribution < 1.29 is 14.7 Å². The number of carbonyl (C=O) groups is 2. The van der Waals surface area contributed by atoms with E-state index in [4.69, 9.17) is 4.98 Å². The summed E-state index contributed by atoms with van der Waals surface area (Å²) >= 11 is 0. The number of nitrogens with zero attached hydrogens (tertiary/aromatic N) is 4. The molecule has 1 amide bonds. The van der Waals surface area contributed by atoms with Crippen molar-refractivity contribution in [1.82, 2.24) is 30.2 Å². The summed E-state index contributed by atoms with van der Waals surface area (Å²) in [6.07, 6.45) is 8.12. The molecule has 10 nitrogen and oxygen atoms in total. The molecular formula is C26H33N7O3. The van der Waals surface area contributed by atoms with E-state index in [-0.39, 0.29) is 17.5 Å². The Bertz CT molecular complexity index is 1240. The van der Waals surface area contributed by atoms with Crippen molar-refractivity contribution in [3.63, 3.8) is 0 Å². The number of likely N-dealkylation sites (tertiary alicyclic amines) is 1. The van der Waals surface area contributed by atoms with Gasteiger partial charge in [-0.05, 0) is 43.4 Å². The topological polar surface area (TPSA) is 136 Å². The molecule has 5 rings (SSSR count). The molecule has 2 bridgehead atoms. The molecule has 0 aromatic carbocycles. The number of aromatic amines is 1. The van der Waals surface area contributed by atoms with Gasteiger partial charge in [0.1, 0.15) is 17.2 Å². The van der Waals surface area contributed by atoms with Crippen molar-refractivity contribution in [2.75, 3.05) is 18.4 Å². The van der Waals surface area contributed by atoms with E-state index in [1.807, 2.05) is 4.90 Å². The zero-order chi connectivity index (χ0) is 25.2. The Balaban J connectivity index is 1.35. The van der Waals surface area contributed by atoms with E-state index in [2.05, 4.69) is 39.4 Å². The van der Waals surface area contributed by atoms with E-state index in [0.29, 0.717) is 35.1 Å². The summed E-state index contributed by atoms with van der Waals surface area (Å²) in [5.41, 5.74) is 1.92. The zero-order valence-electron chi connectivity index (χ0n) is 20.8. The predicted molar refractivity (Wildman–Crippen MR) is 137 cm³/mol. The molecule has 4 N–H and O–H groups in total. The molecule has 2 saturated heterocycles. The smallest absolute Gasteiger partial charge is 0.352 e. The van der Waals surface area contributed by atoms with E-state index in [0.717, 1.165) is 62.7 Å². The van der Waals surface area contributed by atoms with Crippen molar-refractivity contribution in [2.24, 2.45) is 0 Å². The van der Waals surface area contributed by atoms with E-state index in [1.54, 1.807) is 24.4 Å². The number of carboxylic acids is 1. The summed E-state index contributed by atoms with van der Waals surface area (Å²) in [6.45, 7) is 5.74. The van der Waals surface area contributed by atoms with Gasteiger partial charge < -0.3 is 25.6 Å². The van der Waals surface area contributed by atoms with Crippen LogP contribution in [0.1, 0.15) is 84.8 Å². The van der Waals surface area contributed by atoms with Crippen molar-refractivity contribution in [3.05, 3.63) is 41.3 Å². The number of aromatic nitrogens is 4. The number of amides is 1. The van der Waals surface area contributed by atoms with E-state index >= 15 is 0 Å². The monoisotopic (exact) mass is 491 g/mol. The van der Waals surface area contributed by atoms with Gasteiger partial charge in [0.25, 0.3) is 5.91 Å². The summed E-state index contributed by atoms with van der Waals surface area (Å²) in [6, 6.07) is 5.91. The Hall–Kier alpha value is -3.53. The SMILES string of the molecule is CCCCCC(C)c1nc(Nc2ccc(C(=O)N3CC4CCC(C3)N4)cn2)nc2[nH]c(C(=O)O)cc12. The molecule has 2 aliphatic heterocycles. The molecule has 0 spiro atoms. The number of pyridine rings is 1. The number of rotatable bonds is 9. The third-order valence-electron chi connectivity index (χ3n) is 7.21. The Morgan fingerprint density at radius 1 is 1.19 bits per heavy atom. The van der Waals surface area contributed by atoms with Crippen molar-refractivity contribution >= 4 is 34.7 Å². The first kappa shape index (κ1) is 24.2. The third kappa shape index (κ3) is 5.04.